The maximum atomic E-state index is 12.5. The quantitative estimate of drug-likeness (QED) is 0.200. The second-order valence-electron chi connectivity index (χ2n) is 6.34. The zero-order chi connectivity index (χ0) is 22.9. The van der Waals surface area contributed by atoms with E-state index in [1.807, 2.05) is 0 Å². The molecule has 0 aliphatic heterocycles. The summed E-state index contributed by atoms with van der Waals surface area (Å²) >= 11 is 9.18. The van der Waals surface area contributed by atoms with Crippen LogP contribution in [-0.4, -0.2) is 31.8 Å². The molecule has 0 saturated heterocycles. The number of hydrogen-bond acceptors (Lipinski definition) is 6. The maximum Gasteiger partial charge on any atom is 0.343 e. The van der Waals surface area contributed by atoms with Gasteiger partial charge in [-0.1, -0.05) is 27.5 Å². The van der Waals surface area contributed by atoms with Gasteiger partial charge >= 0.3 is 5.97 Å². The summed E-state index contributed by atoms with van der Waals surface area (Å²) in [7, 11) is 1.54. The smallest absolute Gasteiger partial charge is 0.343 e. The van der Waals surface area contributed by atoms with Crippen molar-refractivity contribution < 1.29 is 23.8 Å². The van der Waals surface area contributed by atoms with Gasteiger partial charge in [0.05, 0.1) is 18.9 Å². The second-order valence-corrected chi connectivity index (χ2v) is 7.69. The Labute approximate surface area is 198 Å². The molecule has 3 aromatic carbocycles. The molecule has 0 spiro atoms. The third-order valence-corrected chi connectivity index (χ3v) is 4.82. The molecule has 0 atom stereocenters. The van der Waals surface area contributed by atoms with Gasteiger partial charge < -0.3 is 14.2 Å². The Hall–Kier alpha value is -3.36. The molecule has 1 N–H and O–H groups in total. The van der Waals surface area contributed by atoms with Crippen LogP contribution in [0.1, 0.15) is 15.9 Å². The molecule has 0 heterocycles. The van der Waals surface area contributed by atoms with Crippen LogP contribution in [0.15, 0.2) is 76.3 Å². The number of hydrogen-bond donors (Lipinski definition) is 1. The number of halogens is 2. The van der Waals surface area contributed by atoms with Crippen molar-refractivity contribution >= 4 is 45.6 Å². The minimum atomic E-state index is -0.537. The van der Waals surface area contributed by atoms with Crippen LogP contribution in [0, 0.1) is 0 Å². The standard InChI is InChI=1S/C23H18BrClN2O5/c1-30-19-7-2-15(3-8-19)23(29)32-21-11-4-17(24)12-16(21)13-26-27-22(28)14-31-20-9-5-18(25)6-10-20/h2-13H,14H2,1H3,(H,27,28). The average Bonchev–Trinajstić information content (AvgIpc) is 2.80. The lowest BCUT2D eigenvalue weighted by atomic mass is 10.2. The Morgan fingerprint density at radius 1 is 1.03 bits per heavy atom. The minimum absolute atomic E-state index is 0.225. The van der Waals surface area contributed by atoms with Gasteiger partial charge in [-0.05, 0) is 66.7 Å². The molecule has 1 amide bonds. The predicted octanol–water partition coefficient (Wildman–Crippen LogP) is 4.86. The number of rotatable bonds is 8. The van der Waals surface area contributed by atoms with Crippen LogP contribution in [0.2, 0.25) is 5.02 Å². The van der Waals surface area contributed by atoms with Crippen LogP contribution in [0.25, 0.3) is 0 Å². The summed E-state index contributed by atoms with van der Waals surface area (Å²) < 4.78 is 16.7. The molecule has 3 rings (SSSR count). The molecule has 0 unspecified atom stereocenters. The molecule has 3 aromatic rings. The molecule has 32 heavy (non-hydrogen) atoms. The fourth-order valence-corrected chi connectivity index (χ4v) is 2.99. The van der Waals surface area contributed by atoms with Crippen LogP contribution in [0.5, 0.6) is 17.2 Å². The summed E-state index contributed by atoms with van der Waals surface area (Å²) in [5.41, 5.74) is 3.22. The van der Waals surface area contributed by atoms with Crippen LogP contribution >= 0.6 is 27.5 Å². The zero-order valence-electron chi connectivity index (χ0n) is 16.9. The third-order valence-electron chi connectivity index (χ3n) is 4.08. The molecule has 9 heteroatoms. The molecule has 0 aliphatic carbocycles. The SMILES string of the molecule is COc1ccc(C(=O)Oc2ccc(Br)cc2C=NNC(=O)COc2ccc(Cl)cc2)cc1. The fourth-order valence-electron chi connectivity index (χ4n) is 2.48. The van der Waals surface area contributed by atoms with E-state index in [1.165, 1.54) is 6.21 Å². The van der Waals surface area contributed by atoms with E-state index in [0.29, 0.717) is 27.6 Å². The first kappa shape index (κ1) is 23.3. The van der Waals surface area contributed by atoms with Crippen molar-refractivity contribution in [1.82, 2.24) is 5.43 Å². The number of carbonyl (C=O) groups excluding carboxylic acids is 2. The topological polar surface area (TPSA) is 86.2 Å². The zero-order valence-corrected chi connectivity index (χ0v) is 19.2. The van der Waals surface area contributed by atoms with Crippen LogP contribution < -0.4 is 19.6 Å². The van der Waals surface area contributed by atoms with E-state index in [-0.39, 0.29) is 12.4 Å². The van der Waals surface area contributed by atoms with Gasteiger partial charge in [-0.3, -0.25) is 4.79 Å². The van der Waals surface area contributed by atoms with Gasteiger partial charge in [0.25, 0.3) is 5.91 Å². The lowest BCUT2D eigenvalue weighted by Gasteiger charge is -2.09. The summed E-state index contributed by atoms with van der Waals surface area (Å²) in [6.07, 6.45) is 1.38. The number of benzene rings is 3. The molecule has 0 radical (unpaired) electrons. The van der Waals surface area contributed by atoms with E-state index >= 15 is 0 Å². The molecule has 0 aliphatic rings. The fraction of sp³-hybridized carbons (Fsp3) is 0.0870. The van der Waals surface area contributed by atoms with E-state index in [0.717, 1.165) is 4.47 Å². The molecule has 7 nitrogen and oxygen atoms in total. The number of hydrazone groups is 1. The lowest BCUT2D eigenvalue weighted by Crippen LogP contribution is -2.24. The van der Waals surface area contributed by atoms with Crippen LogP contribution in [-0.2, 0) is 4.79 Å². The van der Waals surface area contributed by atoms with E-state index in [9.17, 15) is 9.59 Å². The van der Waals surface area contributed by atoms with Gasteiger partial charge in [0, 0.05) is 15.1 Å². The Bertz CT molecular complexity index is 1120. The molecular weight excluding hydrogens is 500 g/mol. The largest absolute Gasteiger partial charge is 0.497 e. The minimum Gasteiger partial charge on any atom is -0.497 e. The van der Waals surface area contributed by atoms with Crippen LogP contribution in [0.4, 0.5) is 0 Å². The summed E-state index contributed by atoms with van der Waals surface area (Å²) in [6, 6.07) is 18.2. The Balaban J connectivity index is 1.61. The van der Waals surface area contributed by atoms with Crippen LogP contribution in [0.3, 0.4) is 0 Å². The molecule has 0 saturated carbocycles. The maximum absolute atomic E-state index is 12.5. The molecule has 0 fully saturated rings. The van der Waals surface area contributed by atoms with Gasteiger partial charge in [-0.2, -0.15) is 5.10 Å². The van der Waals surface area contributed by atoms with Crippen molar-refractivity contribution in [2.75, 3.05) is 13.7 Å². The third kappa shape index (κ3) is 6.83. The highest BCUT2D eigenvalue weighted by Crippen LogP contribution is 2.23. The van der Waals surface area contributed by atoms with Crippen molar-refractivity contribution in [3.63, 3.8) is 0 Å². The molecule has 0 bridgehead atoms. The van der Waals surface area contributed by atoms with E-state index in [4.69, 9.17) is 25.8 Å². The Morgan fingerprint density at radius 2 is 1.72 bits per heavy atom. The first-order chi connectivity index (χ1) is 15.4. The van der Waals surface area contributed by atoms with Gasteiger partial charge in [0.2, 0.25) is 0 Å². The normalized spacial score (nSPS) is 10.6. The highest BCUT2D eigenvalue weighted by molar-refractivity contribution is 9.10. The lowest BCUT2D eigenvalue weighted by molar-refractivity contribution is -0.123. The summed E-state index contributed by atoms with van der Waals surface area (Å²) in [5.74, 6) is 0.430. The van der Waals surface area contributed by atoms with E-state index < -0.39 is 11.9 Å². The summed E-state index contributed by atoms with van der Waals surface area (Å²) in [4.78, 5) is 24.4. The van der Waals surface area contributed by atoms with E-state index in [2.05, 4.69) is 26.5 Å². The predicted molar refractivity (Wildman–Crippen MR) is 125 cm³/mol. The van der Waals surface area contributed by atoms with Gasteiger partial charge in [-0.15, -0.1) is 0 Å². The number of esters is 1. The first-order valence-corrected chi connectivity index (χ1v) is 10.5. The number of ether oxygens (including phenoxy) is 3. The number of nitrogens with one attached hydrogen (secondary N) is 1. The Kier molecular flexibility index (Phi) is 8.24. The van der Waals surface area contributed by atoms with Gasteiger partial charge in [0.15, 0.2) is 6.61 Å². The Morgan fingerprint density at radius 3 is 2.41 bits per heavy atom. The summed E-state index contributed by atoms with van der Waals surface area (Å²) in [6.45, 7) is -0.225. The monoisotopic (exact) mass is 516 g/mol. The number of nitrogens with zero attached hydrogens (tertiary/aromatic N) is 1. The van der Waals surface area contributed by atoms with Gasteiger partial charge in [-0.25, -0.2) is 10.2 Å². The van der Waals surface area contributed by atoms with Crippen molar-refractivity contribution in [1.29, 1.82) is 0 Å². The van der Waals surface area contributed by atoms with Crippen molar-refractivity contribution in [3.05, 3.63) is 87.4 Å². The highest BCUT2D eigenvalue weighted by atomic mass is 79.9. The van der Waals surface area contributed by atoms with Crippen molar-refractivity contribution in [3.8, 4) is 17.2 Å². The van der Waals surface area contributed by atoms with Crippen molar-refractivity contribution in [2.24, 2.45) is 5.10 Å². The van der Waals surface area contributed by atoms with Gasteiger partial charge in [0.1, 0.15) is 17.2 Å². The second kappa shape index (κ2) is 11.3. The summed E-state index contributed by atoms with van der Waals surface area (Å²) in [5, 5.41) is 4.49. The average molecular weight is 518 g/mol. The van der Waals surface area contributed by atoms with E-state index in [1.54, 1.807) is 73.8 Å². The molecular formula is C23H18BrClN2O5. The molecule has 0 aromatic heterocycles. The number of carbonyl (C=O) groups is 2. The molecule has 164 valence electrons. The van der Waals surface area contributed by atoms with Crippen molar-refractivity contribution in [2.45, 2.75) is 0 Å². The highest BCUT2D eigenvalue weighted by Gasteiger charge is 2.12. The first-order valence-electron chi connectivity index (χ1n) is 9.30. The number of amides is 1. The number of methoxy groups -OCH3 is 1.